The van der Waals surface area contributed by atoms with Gasteiger partial charge in [-0.3, -0.25) is 0 Å². The Morgan fingerprint density at radius 1 is 0.950 bits per heavy atom. The fourth-order valence-corrected chi connectivity index (χ4v) is 4.04. The van der Waals surface area contributed by atoms with Gasteiger partial charge in [0.15, 0.2) is 5.96 Å². The number of piperazine rings is 1. The third-order valence-electron chi connectivity index (χ3n) is 5.98. The van der Waals surface area contributed by atoms with Crippen molar-refractivity contribution in [3.8, 4) is 0 Å². The number of carboxylic acid groups (broad SMARTS) is 2. The van der Waals surface area contributed by atoms with Crippen LogP contribution in [0.4, 0.5) is 24.5 Å². The number of aliphatic imine (C=N–C) groups is 1. The Kier molecular flexibility index (Phi) is 10.4. The van der Waals surface area contributed by atoms with Crippen LogP contribution in [0.25, 0.3) is 0 Å². The maximum absolute atomic E-state index is 11.2. The standard InChI is InChI=1S/C26H27ClN4O2.C2HF3O2/c1-19-7-10-22(27)17-24(19)30-13-15-31(16-14-30)26(28-18-20-5-3-2-4-6-20)29-23-11-8-21(9-12-23)25(32)33;3-2(4,5)1(6)7/h2-12,17H,13-16,18H2,1H3,(H,28,29)(H,32,33);(H,6,7). The molecular formula is C28H28ClF3N4O4. The number of rotatable bonds is 5. The van der Waals surface area contributed by atoms with Gasteiger partial charge >= 0.3 is 18.1 Å². The molecule has 0 aromatic heterocycles. The number of aliphatic carboxylic acids is 1. The molecule has 0 radical (unpaired) electrons. The van der Waals surface area contributed by atoms with Gasteiger partial charge in [0.2, 0.25) is 0 Å². The summed E-state index contributed by atoms with van der Waals surface area (Å²) in [6, 6.07) is 22.9. The predicted molar refractivity (Wildman–Crippen MR) is 148 cm³/mol. The molecule has 8 nitrogen and oxygen atoms in total. The number of nitrogens with one attached hydrogen (secondary N) is 1. The van der Waals surface area contributed by atoms with Gasteiger partial charge in [0.25, 0.3) is 0 Å². The van der Waals surface area contributed by atoms with E-state index in [-0.39, 0.29) is 5.56 Å². The predicted octanol–water partition coefficient (Wildman–Crippen LogP) is 5.77. The Bertz CT molecular complexity index is 1330. The second-order valence-corrected chi connectivity index (χ2v) is 9.28. The molecule has 0 bridgehead atoms. The summed E-state index contributed by atoms with van der Waals surface area (Å²) in [4.78, 5) is 29.5. The van der Waals surface area contributed by atoms with E-state index in [4.69, 9.17) is 31.6 Å². The number of guanidine groups is 1. The SMILES string of the molecule is Cc1ccc(Cl)cc1N1CCN(C(=NCc2ccccc2)Nc2ccc(C(=O)O)cc2)CC1.O=C(O)C(F)(F)F. The summed E-state index contributed by atoms with van der Waals surface area (Å²) in [5, 5.41) is 20.4. The lowest BCUT2D eigenvalue weighted by molar-refractivity contribution is -0.192. The molecule has 0 amide bonds. The molecule has 1 aliphatic rings. The second-order valence-electron chi connectivity index (χ2n) is 8.84. The largest absolute Gasteiger partial charge is 0.490 e. The third kappa shape index (κ3) is 8.91. The summed E-state index contributed by atoms with van der Waals surface area (Å²) in [7, 11) is 0. The number of alkyl halides is 3. The summed E-state index contributed by atoms with van der Waals surface area (Å²) in [6.07, 6.45) is -5.08. The normalized spacial score (nSPS) is 13.8. The van der Waals surface area contributed by atoms with Crippen LogP contribution in [0, 0.1) is 6.92 Å². The van der Waals surface area contributed by atoms with E-state index in [0.29, 0.717) is 6.54 Å². The fraction of sp³-hybridized carbons (Fsp3) is 0.250. The van der Waals surface area contributed by atoms with Crippen LogP contribution in [0.5, 0.6) is 0 Å². The quantitative estimate of drug-likeness (QED) is 0.261. The summed E-state index contributed by atoms with van der Waals surface area (Å²) in [6.45, 7) is 5.98. The lowest BCUT2D eigenvalue weighted by Gasteiger charge is -2.38. The molecule has 1 aliphatic heterocycles. The highest BCUT2D eigenvalue weighted by Crippen LogP contribution is 2.25. The summed E-state index contributed by atoms with van der Waals surface area (Å²) >= 11 is 6.23. The maximum Gasteiger partial charge on any atom is 0.490 e. The number of hydrogen-bond donors (Lipinski definition) is 3. The molecule has 4 rings (SSSR count). The number of carboxylic acids is 2. The minimum atomic E-state index is -5.08. The second kappa shape index (κ2) is 13.7. The van der Waals surface area contributed by atoms with Crippen molar-refractivity contribution in [2.75, 3.05) is 36.4 Å². The molecule has 12 heteroatoms. The third-order valence-corrected chi connectivity index (χ3v) is 6.21. The minimum absolute atomic E-state index is 0.258. The Hall–Kier alpha value is -4.25. The number of benzene rings is 3. The van der Waals surface area contributed by atoms with Crippen LogP contribution in [0.3, 0.4) is 0 Å². The number of nitrogens with zero attached hydrogens (tertiary/aromatic N) is 3. The van der Waals surface area contributed by atoms with Crippen molar-refractivity contribution in [3.05, 3.63) is 94.5 Å². The highest BCUT2D eigenvalue weighted by Gasteiger charge is 2.38. The first-order chi connectivity index (χ1) is 18.9. The van der Waals surface area contributed by atoms with Gasteiger partial charge in [0.1, 0.15) is 0 Å². The van der Waals surface area contributed by atoms with E-state index in [1.165, 1.54) is 11.3 Å². The topological polar surface area (TPSA) is 105 Å². The van der Waals surface area contributed by atoms with Crippen LogP contribution in [-0.2, 0) is 11.3 Å². The van der Waals surface area contributed by atoms with Crippen LogP contribution < -0.4 is 10.2 Å². The zero-order valence-corrected chi connectivity index (χ0v) is 22.3. The molecule has 212 valence electrons. The molecule has 1 saturated heterocycles. The van der Waals surface area contributed by atoms with Gasteiger partial charge in [-0.15, -0.1) is 0 Å². The van der Waals surface area contributed by atoms with Crippen LogP contribution in [0.15, 0.2) is 77.8 Å². The van der Waals surface area contributed by atoms with Crippen LogP contribution in [0.1, 0.15) is 21.5 Å². The molecule has 1 fully saturated rings. The van der Waals surface area contributed by atoms with Gasteiger partial charge in [-0.05, 0) is 54.4 Å². The molecule has 0 aliphatic carbocycles. The Balaban J connectivity index is 0.000000559. The number of halogens is 4. The van der Waals surface area contributed by atoms with Crippen LogP contribution in [-0.4, -0.2) is 65.4 Å². The van der Waals surface area contributed by atoms with Crippen molar-refractivity contribution in [1.82, 2.24) is 4.90 Å². The number of aromatic carboxylic acids is 1. The van der Waals surface area contributed by atoms with Gasteiger partial charge in [0.05, 0.1) is 12.1 Å². The molecule has 0 spiro atoms. The average Bonchev–Trinajstić information content (AvgIpc) is 2.93. The van der Waals surface area contributed by atoms with Gasteiger partial charge in [0, 0.05) is 42.6 Å². The van der Waals surface area contributed by atoms with Crippen molar-refractivity contribution >= 4 is 40.9 Å². The Morgan fingerprint density at radius 2 is 1.55 bits per heavy atom. The summed E-state index contributed by atoms with van der Waals surface area (Å²) < 4.78 is 31.7. The lowest BCUT2D eigenvalue weighted by atomic mass is 10.1. The van der Waals surface area contributed by atoms with Crippen molar-refractivity contribution in [2.45, 2.75) is 19.6 Å². The fourth-order valence-electron chi connectivity index (χ4n) is 3.88. The van der Waals surface area contributed by atoms with Gasteiger partial charge in [-0.25, -0.2) is 14.6 Å². The van der Waals surface area contributed by atoms with Gasteiger partial charge in [-0.1, -0.05) is 48.0 Å². The highest BCUT2D eigenvalue weighted by molar-refractivity contribution is 6.30. The zero-order chi connectivity index (χ0) is 29.3. The molecule has 40 heavy (non-hydrogen) atoms. The number of anilines is 2. The highest BCUT2D eigenvalue weighted by atomic mass is 35.5. The molecule has 3 aromatic carbocycles. The van der Waals surface area contributed by atoms with Crippen LogP contribution in [0.2, 0.25) is 5.02 Å². The van der Waals surface area contributed by atoms with Gasteiger partial charge < -0.3 is 25.3 Å². The minimum Gasteiger partial charge on any atom is -0.478 e. The van der Waals surface area contributed by atoms with Crippen molar-refractivity contribution < 1.29 is 33.0 Å². The lowest BCUT2D eigenvalue weighted by Crippen LogP contribution is -2.51. The molecule has 3 N–H and O–H groups in total. The average molecular weight is 577 g/mol. The Morgan fingerprint density at radius 3 is 2.10 bits per heavy atom. The monoisotopic (exact) mass is 576 g/mol. The molecule has 0 atom stereocenters. The molecule has 3 aromatic rings. The van der Waals surface area contributed by atoms with E-state index in [2.05, 4.69) is 40.2 Å². The van der Waals surface area contributed by atoms with E-state index < -0.39 is 18.1 Å². The smallest absolute Gasteiger partial charge is 0.478 e. The number of aryl methyl sites for hydroxylation is 1. The van der Waals surface area contributed by atoms with E-state index in [1.807, 2.05) is 30.3 Å². The van der Waals surface area contributed by atoms with E-state index in [1.54, 1.807) is 24.3 Å². The van der Waals surface area contributed by atoms with E-state index in [0.717, 1.165) is 48.4 Å². The zero-order valence-electron chi connectivity index (χ0n) is 21.5. The molecule has 1 heterocycles. The first-order valence-electron chi connectivity index (χ1n) is 12.2. The summed E-state index contributed by atoms with van der Waals surface area (Å²) in [5.74, 6) is -2.91. The van der Waals surface area contributed by atoms with Crippen LogP contribution >= 0.6 is 11.6 Å². The van der Waals surface area contributed by atoms with Crippen molar-refractivity contribution in [1.29, 1.82) is 0 Å². The molecule has 0 saturated carbocycles. The molecular weight excluding hydrogens is 549 g/mol. The van der Waals surface area contributed by atoms with Crippen molar-refractivity contribution in [3.63, 3.8) is 0 Å². The molecule has 0 unspecified atom stereocenters. The first kappa shape index (κ1) is 30.3. The van der Waals surface area contributed by atoms with E-state index in [9.17, 15) is 18.0 Å². The van der Waals surface area contributed by atoms with E-state index >= 15 is 0 Å². The first-order valence-corrected chi connectivity index (χ1v) is 12.6. The van der Waals surface area contributed by atoms with Crippen molar-refractivity contribution in [2.24, 2.45) is 4.99 Å². The Labute approximate surface area is 234 Å². The summed E-state index contributed by atoms with van der Waals surface area (Å²) in [5.41, 5.74) is 4.57. The van der Waals surface area contributed by atoms with Gasteiger partial charge in [-0.2, -0.15) is 13.2 Å². The maximum atomic E-state index is 11.2. The number of hydrogen-bond acceptors (Lipinski definition) is 4. The number of carbonyl (C=O) groups is 2.